The molecule has 1 saturated carbocycles. The Bertz CT molecular complexity index is 380. The molecule has 114 valence electrons. The number of carboxylic acid groups (broad SMARTS) is 1. The Balaban J connectivity index is 2.12. The standard InChI is InChI=1S/C16H27NO3/c1-4-11-8-12(13(9-11)16(19)20)15(18)17-7-5-6-14(17)10(2)3/h10-14H,4-9H2,1-3H3,(H,19,20). The molecule has 0 aromatic carbocycles. The van der Waals surface area contributed by atoms with E-state index in [4.69, 9.17) is 0 Å². The molecule has 1 aliphatic heterocycles. The van der Waals surface area contributed by atoms with Gasteiger partial charge in [-0.1, -0.05) is 27.2 Å². The molecule has 1 heterocycles. The van der Waals surface area contributed by atoms with Crippen LogP contribution in [-0.2, 0) is 9.59 Å². The van der Waals surface area contributed by atoms with Crippen molar-refractivity contribution in [3.63, 3.8) is 0 Å². The number of hydrogen-bond donors (Lipinski definition) is 1. The maximum absolute atomic E-state index is 12.8. The number of aliphatic carboxylic acids is 1. The number of carbonyl (C=O) groups excluding carboxylic acids is 1. The minimum Gasteiger partial charge on any atom is -0.481 e. The van der Waals surface area contributed by atoms with Crippen LogP contribution in [0.25, 0.3) is 0 Å². The Hall–Kier alpha value is -1.06. The maximum atomic E-state index is 12.8. The highest BCUT2D eigenvalue weighted by Gasteiger charge is 2.45. The van der Waals surface area contributed by atoms with E-state index in [2.05, 4.69) is 20.8 Å². The van der Waals surface area contributed by atoms with E-state index in [9.17, 15) is 14.7 Å². The van der Waals surface area contributed by atoms with Crippen LogP contribution in [-0.4, -0.2) is 34.5 Å². The van der Waals surface area contributed by atoms with Crippen molar-refractivity contribution in [3.8, 4) is 0 Å². The summed E-state index contributed by atoms with van der Waals surface area (Å²) in [4.78, 5) is 26.2. The lowest BCUT2D eigenvalue weighted by atomic mass is 9.93. The van der Waals surface area contributed by atoms with Gasteiger partial charge in [0, 0.05) is 12.6 Å². The van der Waals surface area contributed by atoms with E-state index in [0.717, 1.165) is 32.2 Å². The molecule has 4 unspecified atom stereocenters. The Morgan fingerprint density at radius 2 is 1.90 bits per heavy atom. The van der Waals surface area contributed by atoms with Crippen LogP contribution in [0.5, 0.6) is 0 Å². The second-order valence-corrected chi connectivity index (χ2v) is 6.78. The maximum Gasteiger partial charge on any atom is 0.307 e. The predicted molar refractivity (Wildman–Crippen MR) is 77.2 cm³/mol. The minimum atomic E-state index is -0.792. The first-order valence-corrected chi connectivity index (χ1v) is 7.99. The third-order valence-corrected chi connectivity index (χ3v) is 5.22. The SMILES string of the molecule is CCC1CC(C(=O)O)C(C(=O)N2CCCC2C(C)C)C1. The topological polar surface area (TPSA) is 57.6 Å². The molecule has 4 atom stereocenters. The van der Waals surface area contributed by atoms with E-state index in [1.165, 1.54) is 0 Å². The summed E-state index contributed by atoms with van der Waals surface area (Å²) in [6, 6.07) is 0.303. The Morgan fingerprint density at radius 3 is 2.45 bits per heavy atom. The zero-order chi connectivity index (χ0) is 14.9. The van der Waals surface area contributed by atoms with Gasteiger partial charge in [-0.25, -0.2) is 0 Å². The lowest BCUT2D eigenvalue weighted by Gasteiger charge is -2.31. The zero-order valence-electron chi connectivity index (χ0n) is 12.8. The van der Waals surface area contributed by atoms with Gasteiger partial charge in [-0.05, 0) is 37.5 Å². The van der Waals surface area contributed by atoms with E-state index in [0.29, 0.717) is 24.3 Å². The van der Waals surface area contributed by atoms with Crippen LogP contribution in [0.1, 0.15) is 52.9 Å². The van der Waals surface area contributed by atoms with Crippen LogP contribution in [0.2, 0.25) is 0 Å². The molecule has 1 N–H and O–H groups in total. The Kier molecular flexibility index (Phi) is 4.71. The molecule has 4 nitrogen and oxygen atoms in total. The van der Waals surface area contributed by atoms with Crippen molar-refractivity contribution in [1.29, 1.82) is 0 Å². The smallest absolute Gasteiger partial charge is 0.307 e. The number of likely N-dealkylation sites (tertiary alicyclic amines) is 1. The number of carbonyl (C=O) groups is 2. The molecule has 20 heavy (non-hydrogen) atoms. The van der Waals surface area contributed by atoms with Crippen LogP contribution in [0.15, 0.2) is 0 Å². The second kappa shape index (κ2) is 6.15. The molecule has 1 amide bonds. The lowest BCUT2D eigenvalue weighted by Crippen LogP contribution is -2.43. The van der Waals surface area contributed by atoms with Crippen molar-refractivity contribution in [2.24, 2.45) is 23.7 Å². The molecular weight excluding hydrogens is 254 g/mol. The zero-order valence-corrected chi connectivity index (χ0v) is 12.8. The highest BCUT2D eigenvalue weighted by molar-refractivity contribution is 5.85. The van der Waals surface area contributed by atoms with Crippen LogP contribution >= 0.6 is 0 Å². The van der Waals surface area contributed by atoms with Gasteiger partial charge < -0.3 is 10.0 Å². The normalized spacial score (nSPS) is 33.9. The van der Waals surface area contributed by atoms with Crippen molar-refractivity contribution in [2.75, 3.05) is 6.54 Å². The molecule has 2 rings (SSSR count). The minimum absolute atomic E-state index is 0.101. The van der Waals surface area contributed by atoms with Gasteiger partial charge in [0.2, 0.25) is 5.91 Å². The molecule has 2 aliphatic rings. The number of rotatable bonds is 4. The summed E-state index contributed by atoms with van der Waals surface area (Å²) in [5.41, 5.74) is 0. The number of carboxylic acids is 1. The molecule has 1 saturated heterocycles. The van der Waals surface area contributed by atoms with Crippen molar-refractivity contribution >= 4 is 11.9 Å². The molecule has 0 aromatic heterocycles. The average Bonchev–Trinajstić information content (AvgIpc) is 3.04. The van der Waals surface area contributed by atoms with Gasteiger partial charge in [0.05, 0.1) is 11.8 Å². The lowest BCUT2D eigenvalue weighted by molar-refractivity contribution is -0.149. The fourth-order valence-electron chi connectivity index (χ4n) is 3.99. The van der Waals surface area contributed by atoms with Gasteiger partial charge in [0.25, 0.3) is 0 Å². The van der Waals surface area contributed by atoms with Crippen molar-refractivity contribution in [1.82, 2.24) is 4.90 Å². The van der Waals surface area contributed by atoms with Gasteiger partial charge in [-0.3, -0.25) is 9.59 Å². The fourth-order valence-corrected chi connectivity index (χ4v) is 3.99. The molecule has 0 aromatic rings. The molecule has 2 fully saturated rings. The molecule has 0 spiro atoms. The van der Waals surface area contributed by atoms with Crippen LogP contribution in [0.3, 0.4) is 0 Å². The average molecular weight is 281 g/mol. The van der Waals surface area contributed by atoms with Crippen molar-refractivity contribution in [2.45, 2.75) is 58.9 Å². The highest BCUT2D eigenvalue weighted by Crippen LogP contribution is 2.40. The fraction of sp³-hybridized carbons (Fsp3) is 0.875. The summed E-state index contributed by atoms with van der Waals surface area (Å²) >= 11 is 0. The van der Waals surface area contributed by atoms with E-state index in [-0.39, 0.29) is 11.8 Å². The van der Waals surface area contributed by atoms with E-state index in [1.807, 2.05) is 4.90 Å². The Labute approximate surface area is 121 Å². The predicted octanol–water partition coefficient (Wildman–Crippen LogP) is 2.77. The van der Waals surface area contributed by atoms with Gasteiger partial charge >= 0.3 is 5.97 Å². The third kappa shape index (κ3) is 2.84. The molecule has 0 bridgehead atoms. The Morgan fingerprint density at radius 1 is 1.25 bits per heavy atom. The molecular formula is C16H27NO3. The highest BCUT2D eigenvalue weighted by atomic mass is 16.4. The second-order valence-electron chi connectivity index (χ2n) is 6.78. The summed E-state index contributed by atoms with van der Waals surface area (Å²) in [7, 11) is 0. The summed E-state index contributed by atoms with van der Waals surface area (Å²) < 4.78 is 0. The van der Waals surface area contributed by atoms with Gasteiger partial charge in [0.15, 0.2) is 0 Å². The van der Waals surface area contributed by atoms with Gasteiger partial charge in [0.1, 0.15) is 0 Å². The first-order chi connectivity index (χ1) is 9.45. The quantitative estimate of drug-likeness (QED) is 0.862. The van der Waals surface area contributed by atoms with Crippen molar-refractivity contribution in [3.05, 3.63) is 0 Å². The summed E-state index contributed by atoms with van der Waals surface area (Å²) in [5, 5.41) is 9.39. The van der Waals surface area contributed by atoms with Crippen LogP contribution < -0.4 is 0 Å². The largest absolute Gasteiger partial charge is 0.481 e. The van der Waals surface area contributed by atoms with Crippen LogP contribution in [0, 0.1) is 23.7 Å². The van der Waals surface area contributed by atoms with Crippen molar-refractivity contribution < 1.29 is 14.7 Å². The summed E-state index contributed by atoms with van der Waals surface area (Å²) in [6.07, 6.45) is 4.51. The van der Waals surface area contributed by atoms with Gasteiger partial charge in [-0.2, -0.15) is 0 Å². The van der Waals surface area contributed by atoms with Crippen LogP contribution in [0.4, 0.5) is 0 Å². The first-order valence-electron chi connectivity index (χ1n) is 7.99. The molecule has 4 heteroatoms. The molecule has 1 aliphatic carbocycles. The number of hydrogen-bond acceptors (Lipinski definition) is 2. The van der Waals surface area contributed by atoms with Gasteiger partial charge in [-0.15, -0.1) is 0 Å². The number of nitrogens with zero attached hydrogens (tertiary/aromatic N) is 1. The van der Waals surface area contributed by atoms with E-state index < -0.39 is 11.9 Å². The van der Waals surface area contributed by atoms with E-state index >= 15 is 0 Å². The number of amides is 1. The third-order valence-electron chi connectivity index (χ3n) is 5.22. The molecule has 0 radical (unpaired) electrons. The first kappa shape index (κ1) is 15.3. The monoisotopic (exact) mass is 281 g/mol. The summed E-state index contributed by atoms with van der Waals surface area (Å²) in [5.74, 6) is -0.611. The van der Waals surface area contributed by atoms with E-state index in [1.54, 1.807) is 0 Å². The summed E-state index contributed by atoms with van der Waals surface area (Å²) in [6.45, 7) is 7.19.